The number of aryl methyl sites for hydroxylation is 1. The van der Waals surface area contributed by atoms with Gasteiger partial charge in [-0.05, 0) is 24.3 Å². The molecule has 0 aliphatic rings. The van der Waals surface area contributed by atoms with Crippen LogP contribution in [0.1, 0.15) is 5.69 Å². The molecule has 62 valence electrons. The number of rotatable bonds is 1. The molecule has 5 heteroatoms. The van der Waals surface area contributed by atoms with E-state index in [9.17, 15) is 0 Å². The molecule has 1 N–H and O–H groups in total. The SMILES string of the molecule is Cc1ccc(-c2nn[nH]n2)n1C. The number of H-pyrrole nitrogens is 1. The van der Waals surface area contributed by atoms with Gasteiger partial charge in [0.25, 0.3) is 0 Å². The number of nitrogens with zero attached hydrogens (tertiary/aromatic N) is 4. The van der Waals surface area contributed by atoms with Crippen LogP contribution in [-0.4, -0.2) is 25.2 Å². The topological polar surface area (TPSA) is 59.4 Å². The molecular weight excluding hydrogens is 154 g/mol. The third kappa shape index (κ3) is 0.903. The molecule has 2 rings (SSSR count). The summed E-state index contributed by atoms with van der Waals surface area (Å²) in [5, 5.41) is 13.7. The van der Waals surface area contributed by atoms with Crippen molar-refractivity contribution in [1.82, 2.24) is 25.2 Å². The maximum absolute atomic E-state index is 3.89. The Balaban J connectivity index is 2.55. The van der Waals surface area contributed by atoms with Crippen LogP contribution in [0.2, 0.25) is 0 Å². The van der Waals surface area contributed by atoms with Gasteiger partial charge in [0.2, 0.25) is 5.82 Å². The lowest BCUT2D eigenvalue weighted by atomic mass is 10.4. The second kappa shape index (κ2) is 2.44. The fraction of sp³-hybridized carbons (Fsp3) is 0.286. The monoisotopic (exact) mass is 163 g/mol. The lowest BCUT2D eigenvalue weighted by Gasteiger charge is -1.98. The van der Waals surface area contributed by atoms with Crippen molar-refractivity contribution < 1.29 is 0 Å². The summed E-state index contributed by atoms with van der Waals surface area (Å²) in [6, 6.07) is 3.99. The van der Waals surface area contributed by atoms with Gasteiger partial charge in [0.15, 0.2) is 0 Å². The van der Waals surface area contributed by atoms with Gasteiger partial charge in [-0.15, -0.1) is 10.2 Å². The molecule has 5 nitrogen and oxygen atoms in total. The first-order valence-corrected chi connectivity index (χ1v) is 3.65. The van der Waals surface area contributed by atoms with Gasteiger partial charge in [-0.25, -0.2) is 0 Å². The zero-order valence-electron chi connectivity index (χ0n) is 6.94. The zero-order valence-corrected chi connectivity index (χ0v) is 6.94. The predicted molar refractivity (Wildman–Crippen MR) is 43.3 cm³/mol. The fourth-order valence-corrected chi connectivity index (χ4v) is 1.11. The third-order valence-corrected chi connectivity index (χ3v) is 1.95. The molecule has 12 heavy (non-hydrogen) atoms. The standard InChI is InChI=1S/C7H9N5/c1-5-3-4-6(12(5)2)7-8-10-11-9-7/h3-4H,1-2H3,(H,8,9,10,11). The van der Waals surface area contributed by atoms with E-state index in [1.54, 1.807) is 0 Å². The number of hydrogen-bond acceptors (Lipinski definition) is 3. The van der Waals surface area contributed by atoms with Crippen LogP contribution in [-0.2, 0) is 7.05 Å². The largest absolute Gasteiger partial charge is 0.345 e. The van der Waals surface area contributed by atoms with Crippen LogP contribution >= 0.6 is 0 Å². The summed E-state index contributed by atoms with van der Waals surface area (Å²) in [5.41, 5.74) is 2.15. The van der Waals surface area contributed by atoms with E-state index in [4.69, 9.17) is 0 Å². The first kappa shape index (κ1) is 7.02. The fourth-order valence-electron chi connectivity index (χ4n) is 1.11. The van der Waals surface area contributed by atoms with E-state index in [-0.39, 0.29) is 0 Å². The van der Waals surface area contributed by atoms with E-state index in [2.05, 4.69) is 20.6 Å². The van der Waals surface area contributed by atoms with Crippen LogP contribution in [0.4, 0.5) is 0 Å². The summed E-state index contributed by atoms with van der Waals surface area (Å²) in [4.78, 5) is 0. The first-order chi connectivity index (χ1) is 5.79. The van der Waals surface area contributed by atoms with Crippen LogP contribution in [0.3, 0.4) is 0 Å². The molecule has 0 amide bonds. The summed E-state index contributed by atoms with van der Waals surface area (Å²) in [5.74, 6) is 0.630. The molecule has 0 saturated heterocycles. The van der Waals surface area contributed by atoms with Gasteiger partial charge in [-0.2, -0.15) is 5.21 Å². The Morgan fingerprint density at radius 2 is 2.25 bits per heavy atom. The minimum atomic E-state index is 0.630. The molecule has 0 bridgehead atoms. The Morgan fingerprint density at radius 1 is 1.42 bits per heavy atom. The molecule has 2 heterocycles. The summed E-state index contributed by atoms with van der Waals surface area (Å²) in [6.45, 7) is 2.03. The second-order valence-corrected chi connectivity index (χ2v) is 2.65. The number of aromatic amines is 1. The molecule has 0 unspecified atom stereocenters. The molecule has 2 aromatic heterocycles. The predicted octanol–water partition coefficient (Wildman–Crippen LogP) is 0.514. The molecule has 0 aliphatic carbocycles. The lowest BCUT2D eigenvalue weighted by Crippen LogP contribution is -1.94. The van der Waals surface area contributed by atoms with Crippen molar-refractivity contribution in [3.8, 4) is 11.5 Å². The van der Waals surface area contributed by atoms with E-state index in [0.29, 0.717) is 5.82 Å². The highest BCUT2D eigenvalue weighted by molar-refractivity contribution is 5.50. The van der Waals surface area contributed by atoms with Crippen LogP contribution in [0.15, 0.2) is 12.1 Å². The molecule has 2 aromatic rings. The van der Waals surface area contributed by atoms with Gasteiger partial charge < -0.3 is 4.57 Å². The van der Waals surface area contributed by atoms with E-state index >= 15 is 0 Å². The van der Waals surface area contributed by atoms with Crippen molar-refractivity contribution in [2.24, 2.45) is 7.05 Å². The average Bonchev–Trinajstić information content (AvgIpc) is 2.64. The van der Waals surface area contributed by atoms with Crippen molar-refractivity contribution in [2.45, 2.75) is 6.92 Å². The quantitative estimate of drug-likeness (QED) is 0.666. The van der Waals surface area contributed by atoms with E-state index in [1.165, 1.54) is 5.69 Å². The van der Waals surface area contributed by atoms with Gasteiger partial charge in [0.05, 0.1) is 5.69 Å². The summed E-state index contributed by atoms with van der Waals surface area (Å²) in [6.07, 6.45) is 0. The van der Waals surface area contributed by atoms with E-state index < -0.39 is 0 Å². The Kier molecular flexibility index (Phi) is 1.43. The zero-order chi connectivity index (χ0) is 8.55. The van der Waals surface area contributed by atoms with E-state index in [0.717, 1.165) is 5.69 Å². The Morgan fingerprint density at radius 3 is 2.75 bits per heavy atom. The molecule has 0 saturated carbocycles. The van der Waals surface area contributed by atoms with Gasteiger partial charge in [-0.3, -0.25) is 0 Å². The number of nitrogens with one attached hydrogen (secondary N) is 1. The third-order valence-electron chi connectivity index (χ3n) is 1.95. The second-order valence-electron chi connectivity index (χ2n) is 2.65. The number of hydrogen-bond donors (Lipinski definition) is 1. The highest BCUT2D eigenvalue weighted by atomic mass is 15.5. The maximum atomic E-state index is 3.89. The normalized spacial score (nSPS) is 10.5. The van der Waals surface area contributed by atoms with Crippen molar-refractivity contribution in [1.29, 1.82) is 0 Å². The molecule has 0 spiro atoms. The molecule has 0 atom stereocenters. The van der Waals surface area contributed by atoms with Crippen LogP contribution in [0.5, 0.6) is 0 Å². The van der Waals surface area contributed by atoms with Crippen molar-refractivity contribution >= 4 is 0 Å². The molecular formula is C7H9N5. The van der Waals surface area contributed by atoms with Gasteiger partial charge in [0, 0.05) is 12.7 Å². The molecule has 0 radical (unpaired) electrons. The average molecular weight is 163 g/mol. The Labute approximate surface area is 69.4 Å². The smallest absolute Gasteiger partial charge is 0.220 e. The summed E-state index contributed by atoms with van der Waals surface area (Å²) < 4.78 is 2.02. The van der Waals surface area contributed by atoms with Crippen LogP contribution in [0, 0.1) is 6.92 Å². The Hall–Kier alpha value is -1.65. The molecule has 0 aromatic carbocycles. The minimum Gasteiger partial charge on any atom is -0.345 e. The highest BCUT2D eigenvalue weighted by Crippen LogP contribution is 2.15. The van der Waals surface area contributed by atoms with Crippen LogP contribution < -0.4 is 0 Å². The van der Waals surface area contributed by atoms with Gasteiger partial charge in [-0.1, -0.05) is 0 Å². The minimum absolute atomic E-state index is 0.630. The lowest BCUT2D eigenvalue weighted by molar-refractivity contribution is 0.880. The Bertz CT molecular complexity index is 372. The number of aromatic nitrogens is 5. The maximum Gasteiger partial charge on any atom is 0.220 e. The van der Waals surface area contributed by atoms with E-state index in [1.807, 2.05) is 30.7 Å². The summed E-state index contributed by atoms with van der Waals surface area (Å²) in [7, 11) is 1.97. The van der Waals surface area contributed by atoms with Crippen molar-refractivity contribution in [3.05, 3.63) is 17.8 Å². The molecule has 0 aliphatic heterocycles. The van der Waals surface area contributed by atoms with Crippen molar-refractivity contribution in [2.75, 3.05) is 0 Å². The van der Waals surface area contributed by atoms with Gasteiger partial charge >= 0.3 is 0 Å². The summed E-state index contributed by atoms with van der Waals surface area (Å²) >= 11 is 0. The number of tetrazole rings is 1. The molecule has 0 fully saturated rings. The van der Waals surface area contributed by atoms with Crippen LogP contribution in [0.25, 0.3) is 11.5 Å². The highest BCUT2D eigenvalue weighted by Gasteiger charge is 2.07. The first-order valence-electron chi connectivity index (χ1n) is 3.65. The van der Waals surface area contributed by atoms with Gasteiger partial charge in [0.1, 0.15) is 0 Å². The van der Waals surface area contributed by atoms with Crippen molar-refractivity contribution in [3.63, 3.8) is 0 Å².